The van der Waals surface area contributed by atoms with Gasteiger partial charge in [-0.3, -0.25) is 0 Å². The number of ether oxygens (including phenoxy) is 1. The lowest BCUT2D eigenvalue weighted by molar-refractivity contribution is 0.415. The van der Waals surface area contributed by atoms with Crippen molar-refractivity contribution in [3.63, 3.8) is 0 Å². The number of hydrogen-bond acceptors (Lipinski definition) is 2. The average Bonchev–Trinajstić information content (AvgIpc) is 2.74. The van der Waals surface area contributed by atoms with Gasteiger partial charge in [-0.25, -0.2) is 0 Å². The van der Waals surface area contributed by atoms with Gasteiger partial charge in [0.1, 0.15) is 5.75 Å². The summed E-state index contributed by atoms with van der Waals surface area (Å²) in [5.41, 5.74) is 0.956. The minimum Gasteiger partial charge on any atom is -0.497 e. The maximum Gasteiger partial charge on any atom is 0.170 e. The van der Waals surface area contributed by atoms with Gasteiger partial charge < -0.3 is 15.4 Å². The lowest BCUT2D eigenvalue weighted by Gasteiger charge is -2.16. The van der Waals surface area contributed by atoms with Crippen LogP contribution in [0.25, 0.3) is 0 Å². The van der Waals surface area contributed by atoms with E-state index in [0.29, 0.717) is 11.2 Å². The molecule has 2 rings (SSSR count). The molecule has 0 amide bonds. The summed E-state index contributed by atoms with van der Waals surface area (Å²) in [5.74, 6) is 1.64. The molecule has 1 aromatic carbocycles. The molecule has 0 spiro atoms. The zero-order valence-corrected chi connectivity index (χ0v) is 11.7. The van der Waals surface area contributed by atoms with E-state index in [4.69, 9.17) is 17.0 Å². The van der Waals surface area contributed by atoms with E-state index in [2.05, 4.69) is 17.6 Å². The first-order valence-corrected chi connectivity index (χ1v) is 6.80. The normalized spacial score (nSPS) is 22.6. The number of nitrogens with one attached hydrogen (secondary N) is 2. The molecule has 0 aromatic heterocycles. The molecule has 0 saturated heterocycles. The predicted molar refractivity (Wildman–Crippen MR) is 79.2 cm³/mol. The molecule has 18 heavy (non-hydrogen) atoms. The van der Waals surface area contributed by atoms with E-state index in [1.807, 2.05) is 24.3 Å². The highest BCUT2D eigenvalue weighted by Gasteiger charge is 2.21. The van der Waals surface area contributed by atoms with Crippen LogP contribution in [0.1, 0.15) is 26.2 Å². The first-order chi connectivity index (χ1) is 8.67. The van der Waals surface area contributed by atoms with E-state index in [9.17, 15) is 0 Å². The number of benzene rings is 1. The SMILES string of the molecule is COc1cccc(NC(=S)NC2CCC(C)C2)c1. The smallest absolute Gasteiger partial charge is 0.170 e. The Hall–Kier alpha value is -1.29. The van der Waals surface area contributed by atoms with Gasteiger partial charge in [-0.15, -0.1) is 0 Å². The number of anilines is 1. The van der Waals surface area contributed by atoms with Crippen molar-refractivity contribution in [1.29, 1.82) is 0 Å². The fourth-order valence-electron chi connectivity index (χ4n) is 2.39. The molecule has 1 aliphatic carbocycles. The number of hydrogen-bond donors (Lipinski definition) is 2. The summed E-state index contributed by atoms with van der Waals surface area (Å²) in [6, 6.07) is 8.30. The highest BCUT2D eigenvalue weighted by atomic mass is 32.1. The second kappa shape index (κ2) is 6.05. The highest BCUT2D eigenvalue weighted by molar-refractivity contribution is 7.80. The van der Waals surface area contributed by atoms with Crippen molar-refractivity contribution >= 4 is 23.0 Å². The fourth-order valence-corrected chi connectivity index (χ4v) is 2.68. The summed E-state index contributed by atoms with van der Waals surface area (Å²) in [5, 5.41) is 7.27. The molecule has 0 aliphatic heterocycles. The van der Waals surface area contributed by atoms with Crippen LogP contribution in [-0.2, 0) is 0 Å². The predicted octanol–water partition coefficient (Wildman–Crippen LogP) is 3.17. The van der Waals surface area contributed by atoms with Gasteiger partial charge in [0.25, 0.3) is 0 Å². The third-order valence-corrected chi connectivity index (χ3v) is 3.58. The second-order valence-corrected chi connectivity index (χ2v) is 5.35. The van der Waals surface area contributed by atoms with Crippen LogP contribution in [0.2, 0.25) is 0 Å². The molecule has 1 aliphatic rings. The van der Waals surface area contributed by atoms with E-state index < -0.39 is 0 Å². The second-order valence-electron chi connectivity index (χ2n) is 4.95. The molecule has 0 heterocycles. The standard InChI is InChI=1S/C14H20N2OS/c1-10-6-7-12(8-10)16-14(18)15-11-4-3-5-13(9-11)17-2/h3-5,9-10,12H,6-8H2,1-2H3,(H2,15,16,18). The van der Waals surface area contributed by atoms with E-state index in [1.54, 1.807) is 7.11 Å². The van der Waals surface area contributed by atoms with Gasteiger partial charge in [0.05, 0.1) is 7.11 Å². The van der Waals surface area contributed by atoms with Crippen molar-refractivity contribution < 1.29 is 4.74 Å². The van der Waals surface area contributed by atoms with Crippen LogP contribution in [0, 0.1) is 5.92 Å². The van der Waals surface area contributed by atoms with Gasteiger partial charge >= 0.3 is 0 Å². The lowest BCUT2D eigenvalue weighted by atomic mass is 10.1. The molecular weight excluding hydrogens is 244 g/mol. The van der Waals surface area contributed by atoms with Crippen molar-refractivity contribution in [3.05, 3.63) is 24.3 Å². The first-order valence-electron chi connectivity index (χ1n) is 6.39. The molecule has 0 bridgehead atoms. The summed E-state index contributed by atoms with van der Waals surface area (Å²) in [6.45, 7) is 2.29. The van der Waals surface area contributed by atoms with Crippen molar-refractivity contribution in [2.45, 2.75) is 32.2 Å². The fraction of sp³-hybridized carbons (Fsp3) is 0.500. The Bertz CT molecular complexity index is 422. The summed E-state index contributed by atoms with van der Waals surface area (Å²) < 4.78 is 5.18. The highest BCUT2D eigenvalue weighted by Crippen LogP contribution is 2.24. The molecule has 0 radical (unpaired) electrons. The van der Waals surface area contributed by atoms with Gasteiger partial charge in [-0.2, -0.15) is 0 Å². The Kier molecular flexibility index (Phi) is 4.42. The molecule has 1 aromatic rings. The van der Waals surface area contributed by atoms with Crippen LogP contribution in [0.4, 0.5) is 5.69 Å². The van der Waals surface area contributed by atoms with Gasteiger partial charge in [0.2, 0.25) is 0 Å². The average molecular weight is 264 g/mol. The summed E-state index contributed by atoms with van der Waals surface area (Å²) in [6.07, 6.45) is 3.71. The zero-order valence-electron chi connectivity index (χ0n) is 10.9. The van der Waals surface area contributed by atoms with Crippen molar-refractivity contribution in [1.82, 2.24) is 5.32 Å². The Morgan fingerprint density at radius 1 is 1.39 bits per heavy atom. The van der Waals surface area contributed by atoms with Crippen LogP contribution < -0.4 is 15.4 Å². The topological polar surface area (TPSA) is 33.3 Å². The Labute approximate surface area is 114 Å². The van der Waals surface area contributed by atoms with E-state index in [0.717, 1.165) is 17.4 Å². The third-order valence-electron chi connectivity index (χ3n) is 3.36. The van der Waals surface area contributed by atoms with Crippen LogP contribution in [-0.4, -0.2) is 18.3 Å². The van der Waals surface area contributed by atoms with E-state index in [1.165, 1.54) is 19.3 Å². The minimum atomic E-state index is 0.519. The third kappa shape index (κ3) is 3.60. The number of methoxy groups -OCH3 is 1. The molecular formula is C14H20N2OS. The zero-order chi connectivity index (χ0) is 13.0. The molecule has 2 N–H and O–H groups in total. The summed E-state index contributed by atoms with van der Waals surface area (Å²) in [7, 11) is 1.66. The summed E-state index contributed by atoms with van der Waals surface area (Å²) in [4.78, 5) is 0. The lowest BCUT2D eigenvalue weighted by Crippen LogP contribution is -2.36. The summed E-state index contributed by atoms with van der Waals surface area (Å²) >= 11 is 5.33. The van der Waals surface area contributed by atoms with Crippen molar-refractivity contribution in [3.8, 4) is 5.75 Å². The van der Waals surface area contributed by atoms with Gasteiger partial charge in [-0.1, -0.05) is 13.0 Å². The number of thiocarbonyl (C=S) groups is 1. The quantitative estimate of drug-likeness (QED) is 0.822. The Balaban J connectivity index is 1.86. The van der Waals surface area contributed by atoms with E-state index >= 15 is 0 Å². The van der Waals surface area contributed by atoms with Crippen molar-refractivity contribution in [2.24, 2.45) is 5.92 Å². The molecule has 4 heteroatoms. The molecule has 3 nitrogen and oxygen atoms in total. The molecule has 1 fully saturated rings. The molecule has 2 unspecified atom stereocenters. The van der Waals surface area contributed by atoms with E-state index in [-0.39, 0.29) is 0 Å². The number of rotatable bonds is 3. The first kappa shape index (κ1) is 13.1. The monoisotopic (exact) mass is 264 g/mol. The Morgan fingerprint density at radius 3 is 2.89 bits per heavy atom. The van der Waals surface area contributed by atoms with Crippen LogP contribution in [0.5, 0.6) is 5.75 Å². The molecule has 98 valence electrons. The maximum absolute atomic E-state index is 5.33. The molecule has 2 atom stereocenters. The van der Waals surface area contributed by atoms with Crippen LogP contribution in [0.3, 0.4) is 0 Å². The molecule has 1 saturated carbocycles. The van der Waals surface area contributed by atoms with Crippen LogP contribution >= 0.6 is 12.2 Å². The largest absolute Gasteiger partial charge is 0.497 e. The van der Waals surface area contributed by atoms with Crippen molar-refractivity contribution in [2.75, 3.05) is 12.4 Å². The Morgan fingerprint density at radius 2 is 2.22 bits per heavy atom. The minimum absolute atomic E-state index is 0.519. The van der Waals surface area contributed by atoms with Crippen LogP contribution in [0.15, 0.2) is 24.3 Å². The van der Waals surface area contributed by atoms with Gasteiger partial charge in [-0.05, 0) is 49.5 Å². The van der Waals surface area contributed by atoms with Gasteiger partial charge in [0, 0.05) is 17.8 Å². The van der Waals surface area contributed by atoms with Gasteiger partial charge in [0.15, 0.2) is 5.11 Å². The maximum atomic E-state index is 5.33.